The molecule has 0 heterocycles. The number of carbonyl (C=O) groups is 1. The van der Waals surface area contributed by atoms with Crippen LogP contribution in [-0.4, -0.2) is 22.3 Å². The third kappa shape index (κ3) is 2.81. The number of carboxylic acids is 1. The zero-order chi connectivity index (χ0) is 12.3. The zero-order valence-corrected chi connectivity index (χ0v) is 9.42. The Morgan fingerprint density at radius 1 is 1.25 bits per heavy atom. The van der Waals surface area contributed by atoms with Crippen LogP contribution in [0.2, 0.25) is 0 Å². The molecule has 0 spiro atoms. The lowest BCUT2D eigenvalue weighted by atomic mass is 9.94. The summed E-state index contributed by atoms with van der Waals surface area (Å²) in [4.78, 5) is 10.6. The summed E-state index contributed by atoms with van der Waals surface area (Å²) in [5, 5.41) is 18.5. The summed E-state index contributed by atoms with van der Waals surface area (Å²) in [5.41, 5.74) is 6.83. The van der Waals surface area contributed by atoms with Gasteiger partial charge in [0.05, 0.1) is 17.7 Å². The van der Waals surface area contributed by atoms with Crippen molar-refractivity contribution < 1.29 is 15.0 Å². The minimum Gasteiger partial charge on any atom is -0.478 e. The maximum atomic E-state index is 10.6. The normalized spacial score (nSPS) is 14.8. The molecule has 1 rings (SSSR count). The van der Waals surface area contributed by atoms with E-state index in [0.29, 0.717) is 0 Å². The summed E-state index contributed by atoms with van der Waals surface area (Å²) < 4.78 is 0. The van der Waals surface area contributed by atoms with Gasteiger partial charge in [-0.15, -0.1) is 0 Å². The molecule has 1 aromatic carbocycles. The van der Waals surface area contributed by atoms with Gasteiger partial charge in [0.25, 0.3) is 0 Å². The van der Waals surface area contributed by atoms with E-state index in [1.165, 1.54) is 12.1 Å². The number of aromatic carboxylic acids is 1. The Hall–Kier alpha value is -1.39. The van der Waals surface area contributed by atoms with Gasteiger partial charge in [0, 0.05) is 0 Å². The third-order valence-corrected chi connectivity index (χ3v) is 2.59. The molecule has 88 valence electrons. The summed E-state index contributed by atoms with van der Waals surface area (Å²) in [7, 11) is 0. The maximum absolute atomic E-state index is 10.6. The highest BCUT2D eigenvalue weighted by Gasteiger charge is 2.20. The third-order valence-electron chi connectivity index (χ3n) is 2.59. The summed E-state index contributed by atoms with van der Waals surface area (Å²) in [6.45, 7) is 3.77. The van der Waals surface area contributed by atoms with Crippen LogP contribution in [0.1, 0.15) is 35.8 Å². The molecule has 0 saturated carbocycles. The summed E-state index contributed by atoms with van der Waals surface area (Å²) in [6.07, 6.45) is -0.629. The molecule has 16 heavy (non-hydrogen) atoms. The Balaban J connectivity index is 2.85. The Morgan fingerprint density at radius 2 is 1.75 bits per heavy atom. The molecule has 0 aliphatic carbocycles. The lowest BCUT2D eigenvalue weighted by Gasteiger charge is -2.22. The van der Waals surface area contributed by atoms with Crippen LogP contribution in [0.3, 0.4) is 0 Å². The molecule has 0 bridgehead atoms. The van der Waals surface area contributed by atoms with Crippen LogP contribution in [0, 0.1) is 5.92 Å². The molecule has 0 saturated heterocycles. The highest BCUT2D eigenvalue weighted by atomic mass is 16.4. The van der Waals surface area contributed by atoms with Gasteiger partial charge in [0.15, 0.2) is 0 Å². The van der Waals surface area contributed by atoms with Gasteiger partial charge in [-0.2, -0.15) is 0 Å². The van der Waals surface area contributed by atoms with Crippen LogP contribution in [0.15, 0.2) is 24.3 Å². The number of aliphatic hydroxyl groups excluding tert-OH is 1. The molecule has 1 aromatic rings. The first-order valence-electron chi connectivity index (χ1n) is 5.20. The summed E-state index contributed by atoms with van der Waals surface area (Å²) in [6, 6.07) is 5.78. The molecule has 0 aliphatic rings. The van der Waals surface area contributed by atoms with Crippen molar-refractivity contribution in [2.45, 2.75) is 26.0 Å². The van der Waals surface area contributed by atoms with Crippen LogP contribution in [0.25, 0.3) is 0 Å². The fourth-order valence-electron chi connectivity index (χ4n) is 1.46. The van der Waals surface area contributed by atoms with Crippen molar-refractivity contribution in [1.29, 1.82) is 0 Å². The van der Waals surface area contributed by atoms with E-state index >= 15 is 0 Å². The predicted octanol–water partition coefficient (Wildman–Crippen LogP) is 1.40. The molecule has 4 heteroatoms. The average Bonchev–Trinajstić information content (AvgIpc) is 2.27. The molecule has 0 amide bonds. The highest BCUT2D eigenvalue weighted by Crippen LogP contribution is 2.19. The SMILES string of the molecule is CC(C)[C@H](O)[C@H](N)c1ccc(C(=O)O)cc1. The molecule has 0 aromatic heterocycles. The van der Waals surface area contributed by atoms with E-state index in [0.717, 1.165) is 5.56 Å². The zero-order valence-electron chi connectivity index (χ0n) is 9.42. The first-order valence-corrected chi connectivity index (χ1v) is 5.20. The highest BCUT2D eigenvalue weighted by molar-refractivity contribution is 5.87. The van der Waals surface area contributed by atoms with Gasteiger partial charge in [-0.1, -0.05) is 26.0 Å². The van der Waals surface area contributed by atoms with Crippen molar-refractivity contribution in [3.05, 3.63) is 35.4 Å². The molecule has 2 atom stereocenters. The topological polar surface area (TPSA) is 83.5 Å². The van der Waals surface area contributed by atoms with Gasteiger partial charge in [-0.25, -0.2) is 4.79 Å². The van der Waals surface area contributed by atoms with Crippen LogP contribution >= 0.6 is 0 Å². The number of aliphatic hydroxyl groups is 1. The van der Waals surface area contributed by atoms with E-state index < -0.39 is 18.1 Å². The van der Waals surface area contributed by atoms with E-state index in [1.54, 1.807) is 12.1 Å². The molecule has 4 nitrogen and oxygen atoms in total. The van der Waals surface area contributed by atoms with Crippen molar-refractivity contribution in [2.24, 2.45) is 11.7 Å². The number of carboxylic acid groups (broad SMARTS) is 1. The second-order valence-electron chi connectivity index (χ2n) is 4.19. The van der Waals surface area contributed by atoms with Crippen LogP contribution in [0.5, 0.6) is 0 Å². The smallest absolute Gasteiger partial charge is 0.335 e. The van der Waals surface area contributed by atoms with Gasteiger partial charge >= 0.3 is 5.97 Å². The summed E-state index contributed by atoms with van der Waals surface area (Å²) >= 11 is 0. The lowest BCUT2D eigenvalue weighted by Crippen LogP contribution is -2.30. The Morgan fingerprint density at radius 3 is 2.12 bits per heavy atom. The molecule has 0 unspecified atom stereocenters. The minimum atomic E-state index is -0.968. The van der Waals surface area contributed by atoms with E-state index in [2.05, 4.69) is 0 Å². The maximum Gasteiger partial charge on any atom is 0.335 e. The molecular weight excluding hydrogens is 206 g/mol. The number of rotatable bonds is 4. The molecule has 0 aliphatic heterocycles. The predicted molar refractivity (Wildman–Crippen MR) is 61.2 cm³/mol. The monoisotopic (exact) mass is 223 g/mol. The lowest BCUT2D eigenvalue weighted by molar-refractivity contribution is 0.0697. The first kappa shape index (κ1) is 12.7. The van der Waals surface area contributed by atoms with Gasteiger partial charge in [-0.05, 0) is 23.6 Å². The van der Waals surface area contributed by atoms with Crippen LogP contribution < -0.4 is 5.73 Å². The van der Waals surface area contributed by atoms with Crippen molar-refractivity contribution in [1.82, 2.24) is 0 Å². The quantitative estimate of drug-likeness (QED) is 0.720. The Kier molecular flexibility index (Phi) is 4.04. The average molecular weight is 223 g/mol. The number of hydrogen-bond donors (Lipinski definition) is 3. The van der Waals surface area contributed by atoms with E-state index in [4.69, 9.17) is 10.8 Å². The molecule has 0 fully saturated rings. The van der Waals surface area contributed by atoms with Crippen molar-refractivity contribution in [3.63, 3.8) is 0 Å². The number of benzene rings is 1. The van der Waals surface area contributed by atoms with Crippen LogP contribution in [0.4, 0.5) is 0 Å². The van der Waals surface area contributed by atoms with Gasteiger partial charge in [-0.3, -0.25) is 0 Å². The van der Waals surface area contributed by atoms with E-state index in [9.17, 15) is 9.90 Å². The first-order chi connectivity index (χ1) is 7.43. The minimum absolute atomic E-state index is 0.0640. The second-order valence-corrected chi connectivity index (χ2v) is 4.19. The van der Waals surface area contributed by atoms with Crippen molar-refractivity contribution in [3.8, 4) is 0 Å². The Labute approximate surface area is 94.7 Å². The van der Waals surface area contributed by atoms with E-state index in [1.807, 2.05) is 13.8 Å². The standard InChI is InChI=1S/C12H17NO3/c1-7(2)11(14)10(13)8-3-5-9(6-4-8)12(15)16/h3-7,10-11,14H,13H2,1-2H3,(H,15,16)/t10-,11+/m1/s1. The molecule has 0 radical (unpaired) electrons. The molecular formula is C12H17NO3. The fourth-order valence-corrected chi connectivity index (χ4v) is 1.46. The van der Waals surface area contributed by atoms with Gasteiger partial charge in [0.2, 0.25) is 0 Å². The van der Waals surface area contributed by atoms with Crippen LogP contribution in [-0.2, 0) is 0 Å². The fraction of sp³-hybridized carbons (Fsp3) is 0.417. The second kappa shape index (κ2) is 5.09. The van der Waals surface area contributed by atoms with Crippen molar-refractivity contribution >= 4 is 5.97 Å². The van der Waals surface area contributed by atoms with Crippen molar-refractivity contribution in [2.75, 3.05) is 0 Å². The number of nitrogens with two attached hydrogens (primary N) is 1. The Bertz CT molecular complexity index is 359. The van der Waals surface area contributed by atoms with Gasteiger partial charge < -0.3 is 15.9 Å². The van der Waals surface area contributed by atoms with E-state index in [-0.39, 0.29) is 11.5 Å². The number of hydrogen-bond acceptors (Lipinski definition) is 3. The largest absolute Gasteiger partial charge is 0.478 e. The molecule has 4 N–H and O–H groups in total. The summed E-state index contributed by atoms with van der Waals surface area (Å²) in [5.74, 6) is -0.904. The van der Waals surface area contributed by atoms with Gasteiger partial charge in [0.1, 0.15) is 0 Å².